The maximum atomic E-state index is 13.1. The van der Waals surface area contributed by atoms with Crippen LogP contribution in [0.5, 0.6) is 0 Å². The molecule has 3 rings (SSSR count). The van der Waals surface area contributed by atoms with Gasteiger partial charge in [-0.1, -0.05) is 6.58 Å². The molecule has 11 heteroatoms. The van der Waals surface area contributed by atoms with Gasteiger partial charge in [-0.15, -0.1) is 0 Å². The van der Waals surface area contributed by atoms with Crippen molar-refractivity contribution in [3.63, 3.8) is 0 Å². The first kappa shape index (κ1) is 20.7. The summed E-state index contributed by atoms with van der Waals surface area (Å²) in [5.41, 5.74) is -1.68. The van der Waals surface area contributed by atoms with Crippen LogP contribution in [0.4, 0.5) is 37.8 Å². The Hall–Kier alpha value is -2.98. The van der Waals surface area contributed by atoms with Crippen molar-refractivity contribution in [1.29, 1.82) is 0 Å². The molecule has 2 heterocycles. The average Bonchev–Trinajstić information content (AvgIpc) is 3.09. The van der Waals surface area contributed by atoms with Gasteiger partial charge in [0, 0.05) is 37.3 Å². The van der Waals surface area contributed by atoms with Crippen molar-refractivity contribution in [2.75, 3.05) is 18.0 Å². The zero-order valence-corrected chi connectivity index (χ0v) is 14.9. The van der Waals surface area contributed by atoms with Gasteiger partial charge in [-0.3, -0.25) is 4.79 Å². The number of carbonyl (C=O) groups is 1. The Morgan fingerprint density at radius 2 is 1.79 bits per heavy atom. The lowest BCUT2D eigenvalue weighted by atomic mass is 10.1. The van der Waals surface area contributed by atoms with Crippen LogP contribution in [0, 0.1) is 5.92 Å². The van der Waals surface area contributed by atoms with Crippen LogP contribution in [0.1, 0.15) is 11.3 Å². The van der Waals surface area contributed by atoms with Crippen molar-refractivity contribution in [2.24, 2.45) is 5.92 Å². The number of halogens is 6. The molecule has 0 aliphatic carbocycles. The second kappa shape index (κ2) is 7.45. The molecule has 0 unspecified atom stereocenters. The van der Waals surface area contributed by atoms with E-state index in [4.69, 9.17) is 0 Å². The number of alkyl halides is 6. The van der Waals surface area contributed by atoms with E-state index in [0.29, 0.717) is 0 Å². The van der Waals surface area contributed by atoms with Crippen LogP contribution in [0.25, 0.3) is 0 Å². The van der Waals surface area contributed by atoms with Crippen molar-refractivity contribution in [1.82, 2.24) is 15.1 Å². The van der Waals surface area contributed by atoms with Gasteiger partial charge in [-0.25, -0.2) is 4.68 Å². The first-order chi connectivity index (χ1) is 13.5. The normalized spacial score (nSPS) is 17.0. The number of anilines is 2. The minimum absolute atomic E-state index is 0.111. The number of fused-ring (bicyclic) bond motifs is 1. The number of aromatic nitrogens is 2. The molecule has 0 spiro atoms. The van der Waals surface area contributed by atoms with E-state index in [2.05, 4.69) is 17.0 Å². The maximum Gasteiger partial charge on any atom is 0.435 e. The van der Waals surface area contributed by atoms with Crippen molar-refractivity contribution >= 4 is 17.4 Å². The highest BCUT2D eigenvalue weighted by atomic mass is 19.4. The van der Waals surface area contributed by atoms with Crippen LogP contribution in [-0.4, -0.2) is 28.8 Å². The predicted octanol–water partition coefficient (Wildman–Crippen LogP) is 3.99. The Morgan fingerprint density at radius 1 is 1.14 bits per heavy atom. The average molecular weight is 418 g/mol. The van der Waals surface area contributed by atoms with Crippen LogP contribution < -0.4 is 10.2 Å². The molecular formula is C18H16F6N4O. The molecule has 0 saturated heterocycles. The summed E-state index contributed by atoms with van der Waals surface area (Å²) in [7, 11) is 0. The minimum Gasteiger partial charge on any atom is -0.352 e. The Bertz CT molecular complexity index is 901. The highest BCUT2D eigenvalue weighted by molar-refractivity contribution is 5.86. The molecule has 1 aromatic heterocycles. The molecule has 29 heavy (non-hydrogen) atoms. The number of rotatable bonds is 4. The second-order valence-electron chi connectivity index (χ2n) is 6.54. The molecule has 1 N–H and O–H groups in total. The summed E-state index contributed by atoms with van der Waals surface area (Å²) in [6, 6.07) is 4.97. The summed E-state index contributed by atoms with van der Waals surface area (Å²) < 4.78 is 78.9. The van der Waals surface area contributed by atoms with Gasteiger partial charge in [0.1, 0.15) is 5.82 Å². The third-order valence-corrected chi connectivity index (χ3v) is 4.45. The first-order valence-electron chi connectivity index (χ1n) is 8.49. The summed E-state index contributed by atoms with van der Waals surface area (Å²) in [4.78, 5) is 12.9. The largest absolute Gasteiger partial charge is 0.435 e. The zero-order chi connectivity index (χ0) is 21.4. The molecular weight excluding hydrogens is 402 g/mol. The van der Waals surface area contributed by atoms with Gasteiger partial charge in [0.15, 0.2) is 5.69 Å². The quantitative estimate of drug-likeness (QED) is 0.604. The molecule has 0 saturated carbocycles. The van der Waals surface area contributed by atoms with Gasteiger partial charge in [-0.2, -0.15) is 31.4 Å². The number of nitrogens with zero attached hydrogens (tertiary/aromatic N) is 3. The van der Waals surface area contributed by atoms with Gasteiger partial charge < -0.3 is 10.2 Å². The van der Waals surface area contributed by atoms with Crippen LogP contribution in [0.15, 0.2) is 43.0 Å². The summed E-state index contributed by atoms with van der Waals surface area (Å²) in [5, 5.41) is 6.16. The van der Waals surface area contributed by atoms with Gasteiger partial charge in [0.25, 0.3) is 0 Å². The predicted molar refractivity (Wildman–Crippen MR) is 92.4 cm³/mol. The molecule has 1 aliphatic rings. The third-order valence-electron chi connectivity index (χ3n) is 4.45. The molecule has 156 valence electrons. The molecule has 5 nitrogen and oxygen atoms in total. The van der Waals surface area contributed by atoms with Crippen molar-refractivity contribution in [3.05, 3.63) is 54.2 Å². The second-order valence-corrected chi connectivity index (χ2v) is 6.54. The number of hydrogen-bond acceptors (Lipinski definition) is 3. The molecule has 2 aromatic rings. The maximum absolute atomic E-state index is 13.1. The van der Waals surface area contributed by atoms with E-state index in [1.54, 1.807) is 0 Å². The van der Waals surface area contributed by atoms with E-state index >= 15 is 0 Å². The molecule has 1 aromatic carbocycles. The van der Waals surface area contributed by atoms with Gasteiger partial charge in [0.2, 0.25) is 5.91 Å². The topological polar surface area (TPSA) is 50.2 Å². The standard InChI is InChI=1S/C18H16F6N4O/c1-2-15(29)25-8-11-9-27(13-5-3-12(4-6-13)17(19,20)21)16-7-14(18(22,23)24)26-28(16)10-11/h2-7,11H,1,8-10H2,(H,25,29)/t11-/m0/s1. The summed E-state index contributed by atoms with van der Waals surface area (Å²) in [5.74, 6) is -0.647. The number of carbonyl (C=O) groups excluding carboxylic acids is 1. The smallest absolute Gasteiger partial charge is 0.352 e. The Labute approximate surface area is 161 Å². The van der Waals surface area contributed by atoms with Crippen LogP contribution in [0.2, 0.25) is 0 Å². The molecule has 0 bridgehead atoms. The van der Waals surface area contributed by atoms with Crippen molar-refractivity contribution < 1.29 is 31.1 Å². The van der Waals surface area contributed by atoms with E-state index in [1.165, 1.54) is 17.0 Å². The van der Waals surface area contributed by atoms with Gasteiger partial charge in [-0.05, 0) is 30.3 Å². The third kappa shape index (κ3) is 4.54. The monoisotopic (exact) mass is 418 g/mol. The molecule has 1 amide bonds. The fourth-order valence-electron chi connectivity index (χ4n) is 3.07. The van der Waals surface area contributed by atoms with E-state index in [1.807, 2.05) is 0 Å². The number of amides is 1. The van der Waals surface area contributed by atoms with Crippen LogP contribution in [0.3, 0.4) is 0 Å². The highest BCUT2D eigenvalue weighted by Gasteiger charge is 2.38. The van der Waals surface area contributed by atoms with Gasteiger partial charge in [0.05, 0.1) is 5.56 Å². The van der Waals surface area contributed by atoms with E-state index in [-0.39, 0.29) is 37.1 Å². The lowest BCUT2D eigenvalue weighted by Crippen LogP contribution is -2.41. The van der Waals surface area contributed by atoms with Crippen LogP contribution in [-0.2, 0) is 23.7 Å². The Balaban J connectivity index is 1.94. The van der Waals surface area contributed by atoms with Gasteiger partial charge >= 0.3 is 12.4 Å². The summed E-state index contributed by atoms with van der Waals surface area (Å²) >= 11 is 0. The van der Waals surface area contributed by atoms with E-state index < -0.39 is 29.5 Å². The molecule has 0 radical (unpaired) electrons. The van der Waals surface area contributed by atoms with Crippen molar-refractivity contribution in [3.8, 4) is 0 Å². The highest BCUT2D eigenvalue weighted by Crippen LogP contribution is 2.37. The van der Waals surface area contributed by atoms with Crippen molar-refractivity contribution in [2.45, 2.75) is 18.9 Å². The molecule has 1 aliphatic heterocycles. The lowest BCUT2D eigenvalue weighted by molar-refractivity contribution is -0.141. The first-order valence-corrected chi connectivity index (χ1v) is 8.49. The Kier molecular flexibility index (Phi) is 5.33. The fourth-order valence-corrected chi connectivity index (χ4v) is 3.07. The summed E-state index contributed by atoms with van der Waals surface area (Å²) in [6.07, 6.45) is -8.12. The number of nitrogens with one attached hydrogen (secondary N) is 1. The number of benzene rings is 1. The molecule has 1 atom stereocenters. The van der Waals surface area contributed by atoms with E-state index in [9.17, 15) is 31.1 Å². The molecule has 0 fully saturated rings. The lowest BCUT2D eigenvalue weighted by Gasteiger charge is -2.34. The SMILES string of the molecule is C=CC(=O)NC[C@H]1CN(c2ccc(C(F)(F)F)cc2)c2cc(C(F)(F)F)nn2C1. The van der Waals surface area contributed by atoms with E-state index in [0.717, 1.165) is 29.0 Å². The number of hydrogen-bond donors (Lipinski definition) is 1. The Morgan fingerprint density at radius 3 is 2.34 bits per heavy atom. The zero-order valence-electron chi connectivity index (χ0n) is 14.9. The van der Waals surface area contributed by atoms with Crippen LogP contribution >= 0.6 is 0 Å². The minimum atomic E-state index is -4.66. The fraction of sp³-hybridized carbons (Fsp3) is 0.333. The summed E-state index contributed by atoms with van der Waals surface area (Å²) in [6.45, 7) is 3.76.